The highest BCUT2D eigenvalue weighted by atomic mass is 28.4. The summed E-state index contributed by atoms with van der Waals surface area (Å²) in [4.78, 5) is 0. The first-order valence-corrected chi connectivity index (χ1v) is 8.72. The Labute approximate surface area is 113 Å². The average Bonchev–Trinajstić information content (AvgIpc) is 2.34. The Bertz CT molecular complexity index is 485. The summed E-state index contributed by atoms with van der Waals surface area (Å²) in [6, 6.07) is 13.1. The SMILES string of the molecule is C[Si](C)(Oc1ccc(O)cc1)Oc1ccc(O)cc1. The molecule has 4 nitrogen and oxygen atoms in total. The lowest BCUT2D eigenvalue weighted by Gasteiger charge is -2.24. The number of hydrogen-bond donors (Lipinski definition) is 2. The molecule has 0 aliphatic heterocycles. The van der Waals surface area contributed by atoms with Crippen molar-refractivity contribution in [2.24, 2.45) is 0 Å². The van der Waals surface area contributed by atoms with Crippen molar-refractivity contribution in [3.8, 4) is 23.0 Å². The van der Waals surface area contributed by atoms with Crippen molar-refractivity contribution in [2.45, 2.75) is 13.1 Å². The van der Waals surface area contributed by atoms with Gasteiger partial charge in [-0.3, -0.25) is 0 Å². The first-order chi connectivity index (χ1) is 8.94. The second-order valence-electron chi connectivity index (χ2n) is 4.59. The standard InChI is InChI=1S/C14H16O4Si/c1-19(2,17-13-7-3-11(15)4-8-13)18-14-9-5-12(16)6-10-14/h3-10,15-16H,1-2H3. The minimum Gasteiger partial charge on any atom is -0.512 e. The fourth-order valence-corrected chi connectivity index (χ4v) is 3.07. The summed E-state index contributed by atoms with van der Waals surface area (Å²) >= 11 is 0. The van der Waals surface area contributed by atoms with Gasteiger partial charge in [0.1, 0.15) is 23.0 Å². The molecule has 0 radical (unpaired) electrons. The van der Waals surface area contributed by atoms with Gasteiger partial charge in [0.15, 0.2) is 0 Å². The molecular formula is C14H16O4Si. The number of phenols is 2. The van der Waals surface area contributed by atoms with Gasteiger partial charge in [0.25, 0.3) is 0 Å². The molecule has 19 heavy (non-hydrogen) atoms. The predicted molar refractivity (Wildman–Crippen MR) is 75.0 cm³/mol. The van der Waals surface area contributed by atoms with Crippen molar-refractivity contribution in [1.29, 1.82) is 0 Å². The molecule has 0 atom stereocenters. The quantitative estimate of drug-likeness (QED) is 0.842. The molecule has 0 saturated heterocycles. The second kappa shape index (κ2) is 5.24. The number of aromatic hydroxyl groups is 2. The molecule has 2 N–H and O–H groups in total. The van der Waals surface area contributed by atoms with E-state index in [-0.39, 0.29) is 11.5 Å². The zero-order valence-electron chi connectivity index (χ0n) is 10.8. The number of benzene rings is 2. The summed E-state index contributed by atoms with van der Waals surface area (Å²) in [6.45, 7) is 3.85. The summed E-state index contributed by atoms with van der Waals surface area (Å²) in [5, 5.41) is 18.4. The van der Waals surface area contributed by atoms with Crippen LogP contribution in [0.2, 0.25) is 13.1 Å². The van der Waals surface area contributed by atoms with Crippen molar-refractivity contribution < 1.29 is 19.1 Å². The van der Waals surface area contributed by atoms with Gasteiger partial charge in [-0.15, -0.1) is 0 Å². The van der Waals surface area contributed by atoms with Crippen LogP contribution >= 0.6 is 0 Å². The Kier molecular flexibility index (Phi) is 3.66. The highest BCUT2D eigenvalue weighted by molar-refractivity contribution is 6.66. The first kappa shape index (κ1) is 13.3. The normalized spacial score (nSPS) is 11.1. The van der Waals surface area contributed by atoms with Crippen LogP contribution in [-0.2, 0) is 0 Å². The molecule has 0 spiro atoms. The largest absolute Gasteiger partial charge is 0.512 e. The molecule has 0 amide bonds. The maximum Gasteiger partial charge on any atom is 0.454 e. The van der Waals surface area contributed by atoms with Crippen molar-refractivity contribution >= 4 is 8.56 Å². The van der Waals surface area contributed by atoms with E-state index in [1.165, 1.54) is 0 Å². The molecule has 0 aliphatic rings. The zero-order chi connectivity index (χ0) is 13.9. The summed E-state index contributed by atoms with van der Waals surface area (Å²) in [7, 11) is -2.38. The molecule has 0 unspecified atom stereocenters. The Morgan fingerprint density at radius 1 is 0.684 bits per heavy atom. The van der Waals surface area contributed by atoms with Crippen LogP contribution in [0.15, 0.2) is 48.5 Å². The van der Waals surface area contributed by atoms with E-state index in [0.717, 1.165) is 0 Å². The van der Waals surface area contributed by atoms with Gasteiger partial charge < -0.3 is 19.1 Å². The maximum absolute atomic E-state index is 9.22. The Balaban J connectivity index is 2.05. The predicted octanol–water partition coefficient (Wildman–Crippen LogP) is 3.26. The van der Waals surface area contributed by atoms with Crippen LogP contribution < -0.4 is 8.85 Å². The Hall–Kier alpha value is -2.14. The number of rotatable bonds is 4. The van der Waals surface area contributed by atoms with Crippen LogP contribution in [0.25, 0.3) is 0 Å². The molecule has 2 aromatic rings. The van der Waals surface area contributed by atoms with Gasteiger partial charge in [-0.2, -0.15) is 0 Å². The third kappa shape index (κ3) is 3.92. The Morgan fingerprint density at radius 3 is 1.32 bits per heavy atom. The van der Waals surface area contributed by atoms with E-state index in [1.807, 2.05) is 13.1 Å². The molecule has 2 rings (SSSR count). The molecule has 0 bridgehead atoms. The minimum atomic E-state index is -2.38. The Morgan fingerprint density at radius 2 is 1.00 bits per heavy atom. The minimum absolute atomic E-state index is 0.200. The van der Waals surface area contributed by atoms with Gasteiger partial charge >= 0.3 is 8.56 Å². The lowest BCUT2D eigenvalue weighted by Crippen LogP contribution is -2.41. The zero-order valence-corrected chi connectivity index (χ0v) is 11.8. The molecule has 0 aliphatic carbocycles. The molecule has 0 heterocycles. The van der Waals surface area contributed by atoms with E-state index < -0.39 is 8.56 Å². The number of hydrogen-bond acceptors (Lipinski definition) is 4. The van der Waals surface area contributed by atoms with Crippen molar-refractivity contribution in [1.82, 2.24) is 0 Å². The topological polar surface area (TPSA) is 58.9 Å². The van der Waals surface area contributed by atoms with Crippen LogP contribution in [0.1, 0.15) is 0 Å². The van der Waals surface area contributed by atoms with E-state index >= 15 is 0 Å². The molecule has 100 valence electrons. The van der Waals surface area contributed by atoms with Gasteiger partial charge in [0.05, 0.1) is 0 Å². The maximum atomic E-state index is 9.22. The van der Waals surface area contributed by atoms with E-state index in [9.17, 15) is 10.2 Å². The smallest absolute Gasteiger partial charge is 0.454 e. The van der Waals surface area contributed by atoms with Gasteiger partial charge in [0.2, 0.25) is 0 Å². The number of phenolic OH excluding ortho intramolecular Hbond substituents is 2. The lowest BCUT2D eigenvalue weighted by atomic mass is 10.3. The molecule has 0 saturated carbocycles. The fourth-order valence-electron chi connectivity index (χ4n) is 1.62. The van der Waals surface area contributed by atoms with Crippen LogP contribution in [0, 0.1) is 0 Å². The van der Waals surface area contributed by atoms with E-state index in [1.54, 1.807) is 48.5 Å². The van der Waals surface area contributed by atoms with Crippen molar-refractivity contribution in [3.63, 3.8) is 0 Å². The molecule has 2 aromatic carbocycles. The second-order valence-corrected chi connectivity index (χ2v) is 7.80. The third-order valence-corrected chi connectivity index (χ3v) is 3.86. The summed E-state index contributed by atoms with van der Waals surface area (Å²) in [5.74, 6) is 1.72. The first-order valence-electron chi connectivity index (χ1n) is 5.91. The summed E-state index contributed by atoms with van der Waals surface area (Å²) < 4.78 is 11.7. The van der Waals surface area contributed by atoms with Crippen LogP contribution in [0.5, 0.6) is 23.0 Å². The third-order valence-electron chi connectivity index (χ3n) is 2.40. The highest BCUT2D eigenvalue weighted by Crippen LogP contribution is 2.23. The van der Waals surface area contributed by atoms with E-state index in [2.05, 4.69) is 0 Å². The van der Waals surface area contributed by atoms with Gasteiger partial charge in [0, 0.05) is 13.1 Å². The lowest BCUT2D eigenvalue weighted by molar-refractivity contribution is 0.397. The molecule has 0 aromatic heterocycles. The van der Waals surface area contributed by atoms with Crippen LogP contribution in [0.4, 0.5) is 0 Å². The monoisotopic (exact) mass is 276 g/mol. The molecule has 5 heteroatoms. The average molecular weight is 276 g/mol. The van der Waals surface area contributed by atoms with Gasteiger partial charge in [-0.05, 0) is 48.5 Å². The molecular weight excluding hydrogens is 260 g/mol. The van der Waals surface area contributed by atoms with Crippen molar-refractivity contribution in [3.05, 3.63) is 48.5 Å². The van der Waals surface area contributed by atoms with Crippen LogP contribution in [-0.4, -0.2) is 18.8 Å². The van der Waals surface area contributed by atoms with E-state index in [0.29, 0.717) is 11.5 Å². The highest BCUT2D eigenvalue weighted by Gasteiger charge is 2.29. The summed E-state index contributed by atoms with van der Waals surface area (Å²) in [5.41, 5.74) is 0. The van der Waals surface area contributed by atoms with Gasteiger partial charge in [-0.25, -0.2) is 0 Å². The van der Waals surface area contributed by atoms with Gasteiger partial charge in [-0.1, -0.05) is 0 Å². The fraction of sp³-hybridized carbons (Fsp3) is 0.143. The molecule has 0 fully saturated rings. The van der Waals surface area contributed by atoms with Crippen molar-refractivity contribution in [2.75, 3.05) is 0 Å². The summed E-state index contributed by atoms with van der Waals surface area (Å²) in [6.07, 6.45) is 0. The van der Waals surface area contributed by atoms with E-state index in [4.69, 9.17) is 8.85 Å². The van der Waals surface area contributed by atoms with Crippen LogP contribution in [0.3, 0.4) is 0 Å².